The summed E-state index contributed by atoms with van der Waals surface area (Å²) < 4.78 is 1.08. The van der Waals surface area contributed by atoms with Gasteiger partial charge in [0, 0.05) is 17.1 Å². The maximum atomic E-state index is 9.19. The number of nitrogens with zero attached hydrogens (tertiary/aromatic N) is 1. The molecule has 1 aromatic rings. The smallest absolute Gasteiger partial charge is 0.0558 e. The van der Waals surface area contributed by atoms with E-state index in [2.05, 4.69) is 40.7 Å². The van der Waals surface area contributed by atoms with Crippen LogP contribution in [-0.2, 0) is 0 Å². The van der Waals surface area contributed by atoms with Gasteiger partial charge in [-0.05, 0) is 24.6 Å². The van der Waals surface area contributed by atoms with Gasteiger partial charge in [0.05, 0.1) is 12.6 Å². The minimum Gasteiger partial charge on any atom is -0.395 e. The lowest BCUT2D eigenvalue weighted by atomic mass is 9.96. The van der Waals surface area contributed by atoms with Crippen LogP contribution in [0.25, 0.3) is 0 Å². The highest BCUT2D eigenvalue weighted by Crippen LogP contribution is 2.30. The molecule has 0 spiro atoms. The summed E-state index contributed by atoms with van der Waals surface area (Å²) in [5, 5.41) is 9.19. The second kappa shape index (κ2) is 7.89. The van der Waals surface area contributed by atoms with Gasteiger partial charge in [0.1, 0.15) is 0 Å². The van der Waals surface area contributed by atoms with E-state index >= 15 is 0 Å². The van der Waals surface area contributed by atoms with Crippen LogP contribution in [-0.4, -0.2) is 35.7 Å². The van der Waals surface area contributed by atoms with E-state index in [9.17, 15) is 5.11 Å². The molecule has 0 aliphatic rings. The van der Waals surface area contributed by atoms with Gasteiger partial charge in [0.15, 0.2) is 0 Å². The quantitative estimate of drug-likeness (QED) is 0.813. The topological polar surface area (TPSA) is 49.5 Å². The molecule has 0 aliphatic carbocycles. The minimum absolute atomic E-state index is 0.0650. The van der Waals surface area contributed by atoms with E-state index in [0.29, 0.717) is 6.54 Å². The van der Waals surface area contributed by atoms with Crippen LogP contribution in [0.2, 0.25) is 0 Å². The molecule has 2 unspecified atom stereocenters. The van der Waals surface area contributed by atoms with Crippen LogP contribution in [0.5, 0.6) is 0 Å². The van der Waals surface area contributed by atoms with Crippen molar-refractivity contribution in [2.45, 2.75) is 32.4 Å². The molecular weight excluding hydrogens is 292 g/mol. The lowest BCUT2D eigenvalue weighted by Gasteiger charge is -2.35. The number of hydrogen-bond acceptors (Lipinski definition) is 3. The van der Waals surface area contributed by atoms with Crippen LogP contribution in [0.4, 0.5) is 0 Å². The summed E-state index contributed by atoms with van der Waals surface area (Å²) in [6, 6.07) is 8.38. The van der Waals surface area contributed by atoms with Gasteiger partial charge in [-0.2, -0.15) is 0 Å². The molecule has 0 aromatic heterocycles. The van der Waals surface area contributed by atoms with Crippen molar-refractivity contribution in [3.05, 3.63) is 34.3 Å². The van der Waals surface area contributed by atoms with Gasteiger partial charge in [-0.1, -0.05) is 48.0 Å². The first-order valence-electron chi connectivity index (χ1n) is 6.50. The predicted octanol–water partition coefficient (Wildman–Crippen LogP) is 2.54. The highest BCUT2D eigenvalue weighted by Gasteiger charge is 2.25. The standard InChI is InChI=1S/C14H23BrN2O/c1-3-13(16)14(17(4-2)9-10-18)11-7-5-6-8-12(11)15/h5-8,13-14,18H,3-4,9-10,16H2,1-2H3. The first kappa shape index (κ1) is 15.6. The molecule has 18 heavy (non-hydrogen) atoms. The SMILES string of the molecule is CCC(N)C(c1ccccc1Br)N(CC)CCO. The maximum absolute atomic E-state index is 9.19. The largest absolute Gasteiger partial charge is 0.395 e. The number of aliphatic hydroxyl groups excluding tert-OH is 1. The van der Waals surface area contributed by atoms with Crippen molar-refractivity contribution in [2.75, 3.05) is 19.7 Å². The fourth-order valence-electron chi connectivity index (χ4n) is 2.26. The molecule has 0 bridgehead atoms. The Bertz CT molecular complexity index is 359. The van der Waals surface area contributed by atoms with Crippen molar-refractivity contribution < 1.29 is 5.11 Å². The van der Waals surface area contributed by atoms with Gasteiger partial charge in [0.25, 0.3) is 0 Å². The fourth-order valence-corrected chi connectivity index (χ4v) is 2.78. The number of likely N-dealkylation sites (N-methyl/N-ethyl adjacent to an activating group) is 1. The molecule has 1 aromatic carbocycles. The summed E-state index contributed by atoms with van der Waals surface area (Å²) in [5.74, 6) is 0. The molecule has 0 amide bonds. The second-order valence-electron chi connectivity index (χ2n) is 4.39. The molecule has 2 atom stereocenters. The average Bonchev–Trinajstić information content (AvgIpc) is 2.39. The van der Waals surface area contributed by atoms with E-state index in [1.54, 1.807) is 0 Å². The number of nitrogens with two attached hydrogens (primary N) is 1. The molecular formula is C14H23BrN2O. The van der Waals surface area contributed by atoms with Gasteiger partial charge in [-0.15, -0.1) is 0 Å². The maximum Gasteiger partial charge on any atom is 0.0558 e. The fraction of sp³-hybridized carbons (Fsp3) is 0.571. The summed E-state index contributed by atoms with van der Waals surface area (Å²) in [7, 11) is 0. The number of aliphatic hydroxyl groups is 1. The minimum atomic E-state index is 0.0650. The van der Waals surface area contributed by atoms with Crippen LogP contribution in [0.1, 0.15) is 31.9 Å². The third-order valence-electron chi connectivity index (χ3n) is 3.29. The van der Waals surface area contributed by atoms with Crippen LogP contribution >= 0.6 is 15.9 Å². The van der Waals surface area contributed by atoms with Crippen molar-refractivity contribution in [3.8, 4) is 0 Å². The predicted molar refractivity (Wildman–Crippen MR) is 79.5 cm³/mol. The molecule has 0 saturated heterocycles. The highest BCUT2D eigenvalue weighted by atomic mass is 79.9. The first-order valence-corrected chi connectivity index (χ1v) is 7.29. The summed E-state index contributed by atoms with van der Waals surface area (Å²) in [6.07, 6.45) is 0.911. The molecule has 3 N–H and O–H groups in total. The third kappa shape index (κ3) is 3.79. The Kier molecular flexibility index (Phi) is 6.86. The zero-order chi connectivity index (χ0) is 13.5. The Labute approximate surface area is 118 Å². The van der Waals surface area contributed by atoms with Gasteiger partial charge >= 0.3 is 0 Å². The molecule has 0 aliphatic heterocycles. The number of halogens is 1. The lowest BCUT2D eigenvalue weighted by Crippen LogP contribution is -2.42. The van der Waals surface area contributed by atoms with Gasteiger partial charge in [-0.3, -0.25) is 4.90 Å². The number of hydrogen-bond donors (Lipinski definition) is 2. The molecule has 3 nitrogen and oxygen atoms in total. The molecule has 0 heterocycles. The van der Waals surface area contributed by atoms with Crippen LogP contribution in [0.15, 0.2) is 28.7 Å². The Balaban J connectivity index is 3.08. The molecule has 0 radical (unpaired) electrons. The highest BCUT2D eigenvalue weighted by molar-refractivity contribution is 9.10. The van der Waals surface area contributed by atoms with Gasteiger partial charge in [-0.25, -0.2) is 0 Å². The normalized spacial score (nSPS) is 14.8. The van der Waals surface area contributed by atoms with Crippen molar-refractivity contribution in [2.24, 2.45) is 5.73 Å². The van der Waals surface area contributed by atoms with Crippen molar-refractivity contribution >= 4 is 15.9 Å². The van der Waals surface area contributed by atoms with Gasteiger partial charge in [0.2, 0.25) is 0 Å². The van der Waals surface area contributed by atoms with Crippen LogP contribution < -0.4 is 5.73 Å². The summed E-state index contributed by atoms with van der Waals surface area (Å²) >= 11 is 3.60. The van der Waals surface area contributed by atoms with Crippen LogP contribution in [0.3, 0.4) is 0 Å². The van der Waals surface area contributed by atoms with E-state index in [1.807, 2.05) is 18.2 Å². The number of benzene rings is 1. The van der Waals surface area contributed by atoms with E-state index < -0.39 is 0 Å². The third-order valence-corrected chi connectivity index (χ3v) is 4.01. The Hall–Kier alpha value is -0.420. The average molecular weight is 315 g/mol. The van der Waals surface area contributed by atoms with Crippen molar-refractivity contribution in [3.63, 3.8) is 0 Å². The summed E-state index contributed by atoms with van der Waals surface area (Å²) in [6.45, 7) is 5.88. The van der Waals surface area contributed by atoms with E-state index in [0.717, 1.165) is 17.4 Å². The van der Waals surface area contributed by atoms with E-state index in [1.165, 1.54) is 5.56 Å². The van der Waals surface area contributed by atoms with Crippen molar-refractivity contribution in [1.29, 1.82) is 0 Å². The number of rotatable bonds is 7. The van der Waals surface area contributed by atoms with Crippen molar-refractivity contribution in [1.82, 2.24) is 4.90 Å². The van der Waals surface area contributed by atoms with E-state index in [-0.39, 0.29) is 18.7 Å². The van der Waals surface area contributed by atoms with Crippen LogP contribution in [0, 0.1) is 0 Å². The zero-order valence-corrected chi connectivity index (χ0v) is 12.7. The Morgan fingerprint density at radius 2 is 2.00 bits per heavy atom. The Morgan fingerprint density at radius 3 is 2.50 bits per heavy atom. The van der Waals surface area contributed by atoms with Gasteiger partial charge < -0.3 is 10.8 Å². The molecule has 4 heteroatoms. The lowest BCUT2D eigenvalue weighted by molar-refractivity contribution is 0.138. The summed E-state index contributed by atoms with van der Waals surface area (Å²) in [5.41, 5.74) is 7.48. The molecule has 0 fully saturated rings. The second-order valence-corrected chi connectivity index (χ2v) is 5.24. The Morgan fingerprint density at radius 1 is 1.33 bits per heavy atom. The monoisotopic (exact) mass is 314 g/mol. The molecule has 1 rings (SSSR count). The molecule has 102 valence electrons. The first-order chi connectivity index (χ1) is 8.65. The zero-order valence-electron chi connectivity index (χ0n) is 11.1. The summed E-state index contributed by atoms with van der Waals surface area (Å²) in [4.78, 5) is 2.23. The molecule has 0 saturated carbocycles. The van der Waals surface area contributed by atoms with E-state index in [4.69, 9.17) is 5.73 Å².